The largest absolute Gasteiger partial charge is 0.503 e. The summed E-state index contributed by atoms with van der Waals surface area (Å²) in [6.07, 6.45) is 3.49. The van der Waals surface area contributed by atoms with E-state index in [2.05, 4.69) is 4.98 Å². The summed E-state index contributed by atoms with van der Waals surface area (Å²) < 4.78 is 0. The number of aliphatic hydroxyl groups is 1. The lowest BCUT2D eigenvalue weighted by Gasteiger charge is -2.26. The minimum Gasteiger partial charge on any atom is -0.503 e. The molecule has 1 aliphatic rings. The van der Waals surface area contributed by atoms with Gasteiger partial charge in [0.1, 0.15) is 0 Å². The molecule has 0 aromatic carbocycles. The standard InChI is InChI=1S/C17H16N2O3S/c1-2-13(20)14-15(11-5-3-7-18-9-11)19(17(22)16(14)21)10-12-6-4-8-23-12/h3-9,15,21H,2,10H2,1H3. The summed E-state index contributed by atoms with van der Waals surface area (Å²) in [6, 6.07) is 6.81. The summed E-state index contributed by atoms with van der Waals surface area (Å²) in [5.41, 5.74) is 0.889. The van der Waals surface area contributed by atoms with E-state index >= 15 is 0 Å². The van der Waals surface area contributed by atoms with Crippen molar-refractivity contribution >= 4 is 23.0 Å². The summed E-state index contributed by atoms with van der Waals surface area (Å²) in [5.74, 6) is -1.18. The second-order valence-corrected chi connectivity index (χ2v) is 6.27. The van der Waals surface area contributed by atoms with Crippen molar-refractivity contribution in [3.8, 4) is 0 Å². The van der Waals surface area contributed by atoms with E-state index in [1.807, 2.05) is 23.6 Å². The topological polar surface area (TPSA) is 70.5 Å². The van der Waals surface area contributed by atoms with Gasteiger partial charge in [-0.15, -0.1) is 11.3 Å². The molecule has 1 N–H and O–H groups in total. The zero-order valence-corrected chi connectivity index (χ0v) is 13.4. The van der Waals surface area contributed by atoms with Gasteiger partial charge in [0.05, 0.1) is 18.2 Å². The third-order valence-corrected chi connectivity index (χ3v) is 4.69. The molecule has 3 heterocycles. The number of Topliss-reactive ketones (excluding diaryl/α,β-unsaturated/α-hetero) is 1. The van der Waals surface area contributed by atoms with Gasteiger partial charge in [-0.2, -0.15) is 0 Å². The molecule has 0 saturated carbocycles. The first kappa shape index (κ1) is 15.4. The van der Waals surface area contributed by atoms with Crippen molar-refractivity contribution in [1.29, 1.82) is 0 Å². The normalized spacial score (nSPS) is 17.9. The Balaban J connectivity index is 2.05. The van der Waals surface area contributed by atoms with Gasteiger partial charge >= 0.3 is 0 Å². The lowest BCUT2D eigenvalue weighted by Crippen LogP contribution is -2.30. The highest BCUT2D eigenvalue weighted by Crippen LogP contribution is 2.39. The molecule has 118 valence electrons. The van der Waals surface area contributed by atoms with Gasteiger partial charge in [-0.25, -0.2) is 0 Å². The third-order valence-electron chi connectivity index (χ3n) is 3.83. The number of amides is 1. The SMILES string of the molecule is CCC(=O)C1=C(O)C(=O)N(Cc2cccs2)C1c1cccnc1. The minimum absolute atomic E-state index is 0.169. The number of aliphatic hydroxyl groups excluding tert-OH is 1. The Morgan fingerprint density at radius 2 is 2.22 bits per heavy atom. The Hall–Kier alpha value is -2.47. The number of ketones is 1. The Morgan fingerprint density at radius 3 is 2.83 bits per heavy atom. The van der Waals surface area contributed by atoms with E-state index in [1.54, 1.807) is 25.4 Å². The molecule has 2 aromatic heterocycles. The third kappa shape index (κ3) is 2.77. The Labute approximate surface area is 137 Å². The van der Waals surface area contributed by atoms with E-state index in [-0.39, 0.29) is 17.8 Å². The molecule has 1 unspecified atom stereocenters. The van der Waals surface area contributed by atoms with Crippen molar-refractivity contribution in [2.45, 2.75) is 25.9 Å². The van der Waals surface area contributed by atoms with Crippen LogP contribution in [0.2, 0.25) is 0 Å². The van der Waals surface area contributed by atoms with Gasteiger partial charge in [-0.05, 0) is 23.1 Å². The van der Waals surface area contributed by atoms with Crippen LogP contribution in [0.4, 0.5) is 0 Å². The van der Waals surface area contributed by atoms with Crippen LogP contribution in [-0.2, 0) is 16.1 Å². The summed E-state index contributed by atoms with van der Waals surface area (Å²) >= 11 is 1.53. The highest BCUT2D eigenvalue weighted by Gasteiger charge is 2.43. The second kappa shape index (κ2) is 6.34. The summed E-state index contributed by atoms with van der Waals surface area (Å²) in [7, 11) is 0. The molecule has 5 nitrogen and oxygen atoms in total. The molecular formula is C17H16N2O3S. The van der Waals surface area contributed by atoms with Gasteiger partial charge < -0.3 is 10.0 Å². The highest BCUT2D eigenvalue weighted by molar-refractivity contribution is 7.09. The fraction of sp³-hybridized carbons (Fsp3) is 0.235. The van der Waals surface area contributed by atoms with Crippen LogP contribution in [0.25, 0.3) is 0 Å². The first-order chi connectivity index (χ1) is 11.1. The molecule has 3 rings (SSSR count). The maximum atomic E-state index is 12.5. The average Bonchev–Trinajstić information content (AvgIpc) is 3.17. The van der Waals surface area contributed by atoms with E-state index in [0.29, 0.717) is 6.54 Å². The van der Waals surface area contributed by atoms with Crippen molar-refractivity contribution < 1.29 is 14.7 Å². The fourth-order valence-corrected chi connectivity index (χ4v) is 3.45. The van der Waals surface area contributed by atoms with E-state index in [0.717, 1.165) is 10.4 Å². The van der Waals surface area contributed by atoms with Gasteiger partial charge in [0.25, 0.3) is 5.91 Å². The number of aromatic nitrogens is 1. The quantitative estimate of drug-likeness (QED) is 0.916. The molecule has 0 bridgehead atoms. The molecule has 2 aromatic rings. The van der Waals surface area contributed by atoms with Gasteiger partial charge in [0.15, 0.2) is 11.5 Å². The van der Waals surface area contributed by atoms with Gasteiger partial charge in [0.2, 0.25) is 0 Å². The second-order valence-electron chi connectivity index (χ2n) is 5.24. The number of pyridine rings is 1. The first-order valence-electron chi connectivity index (χ1n) is 7.33. The van der Waals surface area contributed by atoms with Gasteiger partial charge in [-0.3, -0.25) is 14.6 Å². The van der Waals surface area contributed by atoms with Crippen LogP contribution < -0.4 is 0 Å². The fourth-order valence-electron chi connectivity index (χ4n) is 2.75. The van der Waals surface area contributed by atoms with Crippen LogP contribution in [0.5, 0.6) is 0 Å². The van der Waals surface area contributed by atoms with Crippen molar-refractivity contribution in [3.05, 3.63) is 63.8 Å². The smallest absolute Gasteiger partial charge is 0.290 e. The number of thiophene rings is 1. The molecule has 1 amide bonds. The maximum Gasteiger partial charge on any atom is 0.290 e. The Morgan fingerprint density at radius 1 is 1.39 bits per heavy atom. The van der Waals surface area contributed by atoms with Crippen LogP contribution in [-0.4, -0.2) is 26.7 Å². The average molecular weight is 328 g/mol. The number of hydrogen-bond acceptors (Lipinski definition) is 5. The Bertz CT molecular complexity index is 753. The summed E-state index contributed by atoms with van der Waals surface area (Å²) in [5, 5.41) is 12.2. The molecule has 0 aliphatic carbocycles. The molecule has 0 spiro atoms. The van der Waals surface area contributed by atoms with Gasteiger partial charge in [0, 0.05) is 23.7 Å². The number of rotatable bonds is 5. The molecule has 1 aliphatic heterocycles. The predicted octanol–water partition coefficient (Wildman–Crippen LogP) is 3.02. The molecule has 0 fully saturated rings. The first-order valence-corrected chi connectivity index (χ1v) is 8.21. The van der Waals surface area contributed by atoms with Crippen molar-refractivity contribution in [2.24, 2.45) is 0 Å². The molecular weight excluding hydrogens is 312 g/mol. The molecule has 6 heteroatoms. The molecule has 0 saturated heterocycles. The highest BCUT2D eigenvalue weighted by atomic mass is 32.1. The van der Waals surface area contributed by atoms with Crippen molar-refractivity contribution in [1.82, 2.24) is 9.88 Å². The Kier molecular flexibility index (Phi) is 4.25. The number of hydrogen-bond donors (Lipinski definition) is 1. The van der Waals surface area contributed by atoms with Crippen LogP contribution in [0.1, 0.15) is 29.8 Å². The monoisotopic (exact) mass is 328 g/mol. The van der Waals surface area contributed by atoms with Gasteiger partial charge in [-0.1, -0.05) is 19.1 Å². The zero-order chi connectivity index (χ0) is 16.4. The van der Waals surface area contributed by atoms with Crippen molar-refractivity contribution in [3.63, 3.8) is 0 Å². The lowest BCUT2D eigenvalue weighted by molar-refractivity contribution is -0.130. The van der Waals surface area contributed by atoms with Crippen LogP contribution in [0, 0.1) is 0 Å². The molecule has 1 atom stereocenters. The number of nitrogens with zero attached hydrogens (tertiary/aromatic N) is 2. The molecule has 23 heavy (non-hydrogen) atoms. The van der Waals surface area contributed by atoms with E-state index in [4.69, 9.17) is 0 Å². The van der Waals surface area contributed by atoms with Crippen LogP contribution >= 0.6 is 11.3 Å². The lowest BCUT2D eigenvalue weighted by atomic mass is 9.96. The van der Waals surface area contributed by atoms with Crippen LogP contribution in [0.15, 0.2) is 53.4 Å². The summed E-state index contributed by atoms with van der Waals surface area (Å²) in [4.78, 5) is 31.4. The number of carbonyl (C=O) groups is 2. The van der Waals surface area contributed by atoms with E-state index < -0.39 is 17.7 Å². The maximum absolute atomic E-state index is 12.5. The molecule has 0 radical (unpaired) electrons. The number of carbonyl (C=O) groups excluding carboxylic acids is 2. The van der Waals surface area contributed by atoms with E-state index in [1.165, 1.54) is 16.2 Å². The predicted molar refractivity (Wildman–Crippen MR) is 86.8 cm³/mol. The summed E-state index contributed by atoms with van der Waals surface area (Å²) in [6.45, 7) is 2.07. The van der Waals surface area contributed by atoms with Crippen LogP contribution in [0.3, 0.4) is 0 Å². The van der Waals surface area contributed by atoms with Crippen molar-refractivity contribution in [2.75, 3.05) is 0 Å². The minimum atomic E-state index is -0.592. The zero-order valence-electron chi connectivity index (χ0n) is 12.6. The van der Waals surface area contributed by atoms with E-state index in [9.17, 15) is 14.7 Å².